The third-order valence-corrected chi connectivity index (χ3v) is 4.53. The number of thiocarbonyl (C=S) groups is 1. The summed E-state index contributed by atoms with van der Waals surface area (Å²) in [6, 6.07) is 10.1. The lowest BCUT2D eigenvalue weighted by molar-refractivity contribution is 1.08. The fraction of sp³-hybridized carbons (Fsp3) is 0.125. The topological polar surface area (TPSA) is 43.8 Å². The molecule has 0 saturated heterocycles. The number of aryl methyl sites for hydroxylation is 2. The van der Waals surface area contributed by atoms with Crippen LogP contribution in [0.3, 0.4) is 0 Å². The Morgan fingerprint density at radius 3 is 2.67 bits per heavy atom. The number of rotatable bonds is 2. The van der Waals surface area contributed by atoms with E-state index in [-0.39, 0.29) is 0 Å². The molecular formula is C16H14BrN3S. The van der Waals surface area contributed by atoms with Gasteiger partial charge in [0, 0.05) is 10.0 Å². The molecule has 21 heavy (non-hydrogen) atoms. The normalized spacial score (nSPS) is 11.0. The Hall–Kier alpha value is -1.72. The van der Waals surface area contributed by atoms with Crippen molar-refractivity contribution in [3.8, 4) is 5.69 Å². The molecule has 1 heterocycles. The Morgan fingerprint density at radius 2 is 1.95 bits per heavy atom. The summed E-state index contributed by atoms with van der Waals surface area (Å²) in [5, 5.41) is 0. The zero-order valence-electron chi connectivity index (χ0n) is 11.7. The predicted molar refractivity (Wildman–Crippen MR) is 94.1 cm³/mol. The number of nitrogens with two attached hydrogens (primary N) is 1. The fourth-order valence-electron chi connectivity index (χ4n) is 2.41. The zero-order chi connectivity index (χ0) is 15.1. The Balaban J connectivity index is 2.34. The van der Waals surface area contributed by atoms with Crippen molar-refractivity contribution in [2.24, 2.45) is 5.73 Å². The number of imidazole rings is 1. The molecule has 2 aromatic carbocycles. The number of nitrogens with zero attached hydrogens (tertiary/aromatic N) is 2. The van der Waals surface area contributed by atoms with Gasteiger partial charge in [-0.2, -0.15) is 0 Å². The zero-order valence-corrected chi connectivity index (χ0v) is 14.1. The highest BCUT2D eigenvalue weighted by molar-refractivity contribution is 9.10. The monoisotopic (exact) mass is 359 g/mol. The largest absolute Gasteiger partial charge is 0.389 e. The van der Waals surface area contributed by atoms with E-state index in [1.807, 2.05) is 29.1 Å². The molecule has 2 N–H and O–H groups in total. The first-order chi connectivity index (χ1) is 9.99. The molecule has 106 valence electrons. The number of hydrogen-bond acceptors (Lipinski definition) is 2. The van der Waals surface area contributed by atoms with Gasteiger partial charge in [-0.15, -0.1) is 0 Å². The van der Waals surface area contributed by atoms with Crippen molar-refractivity contribution >= 4 is 44.2 Å². The molecule has 0 atom stereocenters. The predicted octanol–water partition coefficient (Wildman–Crippen LogP) is 4.04. The van der Waals surface area contributed by atoms with Crippen molar-refractivity contribution in [2.45, 2.75) is 13.8 Å². The second-order valence-electron chi connectivity index (χ2n) is 5.04. The molecule has 0 aliphatic heterocycles. The fourth-order valence-corrected chi connectivity index (χ4v) is 3.33. The third-order valence-electron chi connectivity index (χ3n) is 3.66. The van der Waals surface area contributed by atoms with Crippen molar-refractivity contribution < 1.29 is 0 Å². The molecule has 0 saturated carbocycles. The highest BCUT2D eigenvalue weighted by Gasteiger charge is 2.14. The molecule has 0 radical (unpaired) electrons. The minimum absolute atomic E-state index is 0.364. The minimum Gasteiger partial charge on any atom is -0.389 e. The maximum Gasteiger partial charge on any atom is 0.107 e. The Kier molecular flexibility index (Phi) is 3.55. The number of hydrogen-bond donors (Lipinski definition) is 1. The summed E-state index contributed by atoms with van der Waals surface area (Å²) < 4.78 is 2.92. The van der Waals surface area contributed by atoms with Crippen LogP contribution in [0.15, 0.2) is 41.1 Å². The van der Waals surface area contributed by atoms with E-state index in [2.05, 4.69) is 46.9 Å². The van der Waals surface area contributed by atoms with Crippen LogP contribution in [0.4, 0.5) is 0 Å². The molecule has 0 aliphatic rings. The molecule has 3 aromatic rings. The first-order valence-corrected chi connectivity index (χ1v) is 7.72. The molecule has 0 spiro atoms. The van der Waals surface area contributed by atoms with Gasteiger partial charge in [0.05, 0.1) is 16.7 Å². The minimum atomic E-state index is 0.364. The summed E-state index contributed by atoms with van der Waals surface area (Å²) in [5.41, 5.74) is 12.1. The quantitative estimate of drug-likeness (QED) is 0.702. The number of halogens is 1. The van der Waals surface area contributed by atoms with E-state index in [4.69, 9.17) is 18.0 Å². The first kappa shape index (κ1) is 14.2. The molecular weight excluding hydrogens is 346 g/mol. The van der Waals surface area contributed by atoms with E-state index in [9.17, 15) is 0 Å². The van der Waals surface area contributed by atoms with Gasteiger partial charge < -0.3 is 5.73 Å². The van der Waals surface area contributed by atoms with Crippen LogP contribution in [0.5, 0.6) is 0 Å². The van der Waals surface area contributed by atoms with Crippen LogP contribution < -0.4 is 5.73 Å². The van der Waals surface area contributed by atoms with E-state index in [0.29, 0.717) is 4.99 Å². The molecule has 0 unspecified atom stereocenters. The van der Waals surface area contributed by atoms with Crippen LogP contribution in [-0.4, -0.2) is 14.5 Å². The summed E-state index contributed by atoms with van der Waals surface area (Å²) in [5.74, 6) is 0. The maximum absolute atomic E-state index is 5.89. The van der Waals surface area contributed by atoms with Crippen molar-refractivity contribution in [3.63, 3.8) is 0 Å². The SMILES string of the molecule is Cc1cc2ncn(-c3cccc(Br)c3C(N)=S)c2cc1C. The van der Waals surface area contributed by atoms with E-state index in [0.717, 1.165) is 26.8 Å². The average molecular weight is 360 g/mol. The molecule has 5 heteroatoms. The summed E-state index contributed by atoms with van der Waals surface area (Å²) in [6.07, 6.45) is 1.81. The van der Waals surface area contributed by atoms with Gasteiger partial charge in [0.25, 0.3) is 0 Å². The lowest BCUT2D eigenvalue weighted by atomic mass is 10.1. The number of fused-ring (bicyclic) bond motifs is 1. The van der Waals surface area contributed by atoms with E-state index in [1.165, 1.54) is 11.1 Å². The van der Waals surface area contributed by atoms with Gasteiger partial charge in [0.15, 0.2) is 0 Å². The van der Waals surface area contributed by atoms with Crippen LogP contribution in [0.2, 0.25) is 0 Å². The molecule has 1 aromatic heterocycles. The Morgan fingerprint density at radius 1 is 1.24 bits per heavy atom. The standard InChI is InChI=1S/C16H14BrN3S/c1-9-6-12-14(7-10(9)2)20(8-19-12)13-5-3-4-11(17)15(13)16(18)21/h3-8H,1-2H3,(H2,18,21). The molecule has 0 aliphatic carbocycles. The van der Waals surface area contributed by atoms with Crippen LogP contribution in [-0.2, 0) is 0 Å². The highest BCUT2D eigenvalue weighted by atomic mass is 79.9. The van der Waals surface area contributed by atoms with E-state index < -0.39 is 0 Å². The highest BCUT2D eigenvalue weighted by Crippen LogP contribution is 2.27. The number of benzene rings is 2. The lowest BCUT2D eigenvalue weighted by Gasteiger charge is -2.12. The van der Waals surface area contributed by atoms with Crippen molar-refractivity contribution in [1.82, 2.24) is 9.55 Å². The van der Waals surface area contributed by atoms with Gasteiger partial charge in [-0.3, -0.25) is 4.57 Å². The van der Waals surface area contributed by atoms with E-state index in [1.54, 1.807) is 0 Å². The first-order valence-electron chi connectivity index (χ1n) is 6.52. The van der Waals surface area contributed by atoms with Gasteiger partial charge in [-0.1, -0.05) is 18.3 Å². The van der Waals surface area contributed by atoms with E-state index >= 15 is 0 Å². The number of aromatic nitrogens is 2. The summed E-state index contributed by atoms with van der Waals surface area (Å²) in [7, 11) is 0. The van der Waals surface area contributed by atoms with Crippen LogP contribution >= 0.6 is 28.1 Å². The van der Waals surface area contributed by atoms with Gasteiger partial charge in [0.1, 0.15) is 11.3 Å². The lowest BCUT2D eigenvalue weighted by Crippen LogP contribution is -2.14. The molecule has 0 amide bonds. The smallest absolute Gasteiger partial charge is 0.107 e. The van der Waals surface area contributed by atoms with Gasteiger partial charge in [-0.25, -0.2) is 4.98 Å². The molecule has 0 bridgehead atoms. The Bertz CT molecular complexity index is 867. The second-order valence-corrected chi connectivity index (χ2v) is 6.33. The Labute approximate surface area is 136 Å². The van der Waals surface area contributed by atoms with Crippen molar-refractivity contribution in [2.75, 3.05) is 0 Å². The van der Waals surface area contributed by atoms with Crippen molar-refractivity contribution in [1.29, 1.82) is 0 Å². The summed E-state index contributed by atoms with van der Waals surface area (Å²) in [4.78, 5) is 4.85. The summed E-state index contributed by atoms with van der Waals surface area (Å²) >= 11 is 8.72. The van der Waals surface area contributed by atoms with Crippen LogP contribution in [0.1, 0.15) is 16.7 Å². The molecule has 3 rings (SSSR count). The van der Waals surface area contributed by atoms with Crippen LogP contribution in [0, 0.1) is 13.8 Å². The average Bonchev–Trinajstić information content (AvgIpc) is 2.81. The van der Waals surface area contributed by atoms with Gasteiger partial charge in [-0.05, 0) is 65.2 Å². The second kappa shape index (κ2) is 5.24. The molecule has 0 fully saturated rings. The molecule has 3 nitrogen and oxygen atoms in total. The summed E-state index contributed by atoms with van der Waals surface area (Å²) in [6.45, 7) is 4.19. The third kappa shape index (κ3) is 2.36. The van der Waals surface area contributed by atoms with Crippen molar-refractivity contribution in [3.05, 3.63) is 57.8 Å². The van der Waals surface area contributed by atoms with Gasteiger partial charge in [0.2, 0.25) is 0 Å². The maximum atomic E-state index is 5.89. The van der Waals surface area contributed by atoms with Crippen LogP contribution in [0.25, 0.3) is 16.7 Å². The van der Waals surface area contributed by atoms with Gasteiger partial charge >= 0.3 is 0 Å².